The standard InChI is InChI=1S/C8H15O.Li/c1-2-3-4-5-6-7-8-9;/h7,9H,2-6H2,1H3;. The predicted molar refractivity (Wildman–Crippen MR) is 45.2 cm³/mol. The summed E-state index contributed by atoms with van der Waals surface area (Å²) in [5.41, 5.74) is 0. The zero-order valence-corrected chi connectivity index (χ0v) is 7.06. The van der Waals surface area contributed by atoms with E-state index in [9.17, 15) is 0 Å². The summed E-state index contributed by atoms with van der Waals surface area (Å²) in [6.45, 7) is 2.20. The van der Waals surface area contributed by atoms with Crippen LogP contribution in [-0.2, 0) is 0 Å². The second-order valence-electron chi connectivity index (χ2n) is 2.69. The second kappa shape index (κ2) is 7.25. The van der Waals surface area contributed by atoms with Crippen molar-refractivity contribution in [2.45, 2.75) is 39.0 Å². The zero-order valence-electron chi connectivity index (χ0n) is 7.06. The van der Waals surface area contributed by atoms with Gasteiger partial charge in [-0.3, -0.25) is 0 Å². The van der Waals surface area contributed by atoms with Gasteiger partial charge in [-0.2, -0.15) is 0 Å². The van der Waals surface area contributed by atoms with E-state index in [2.05, 4.69) is 6.92 Å². The van der Waals surface area contributed by atoms with Crippen molar-refractivity contribution in [3.8, 4) is 0 Å². The van der Waals surface area contributed by atoms with Gasteiger partial charge in [0.05, 0.1) is 0 Å². The minimum absolute atomic E-state index is 0.455. The van der Waals surface area contributed by atoms with E-state index in [0.717, 1.165) is 6.42 Å². The maximum absolute atomic E-state index is 8.77. The van der Waals surface area contributed by atoms with Gasteiger partial charge in [0.2, 0.25) is 0 Å². The van der Waals surface area contributed by atoms with Crippen LogP contribution in [0.3, 0.4) is 0 Å². The monoisotopic (exact) mass is 134 g/mol. The molecular weight excluding hydrogens is 119 g/mol. The molecule has 0 amide bonds. The van der Waals surface area contributed by atoms with Crippen molar-refractivity contribution < 1.29 is 5.11 Å². The van der Waals surface area contributed by atoms with Crippen LogP contribution in [0, 0.1) is 0 Å². The van der Waals surface area contributed by atoms with Crippen LogP contribution in [0.1, 0.15) is 39.0 Å². The normalized spacial score (nSPS) is 12.1. The van der Waals surface area contributed by atoms with Crippen LogP contribution >= 0.6 is 0 Å². The molecule has 0 aromatic heterocycles. The number of aliphatic hydroxyl groups excluding tert-OH is 1. The van der Waals surface area contributed by atoms with Crippen LogP contribution in [0.4, 0.5) is 0 Å². The first-order valence-electron chi connectivity index (χ1n) is 4.13. The molecule has 54 valence electrons. The van der Waals surface area contributed by atoms with E-state index in [-0.39, 0.29) is 0 Å². The molecule has 0 aliphatic rings. The Balaban J connectivity index is 2.98. The SMILES string of the molecule is [Li]/[C](O)=C\CCCCCC. The first-order chi connectivity index (χ1) is 4.77. The van der Waals surface area contributed by atoms with Crippen molar-refractivity contribution in [3.63, 3.8) is 0 Å². The molecule has 2 heteroatoms. The molecule has 0 aromatic rings. The molecule has 0 heterocycles. The Morgan fingerprint density at radius 2 is 2.10 bits per heavy atom. The summed E-state index contributed by atoms with van der Waals surface area (Å²) in [5.74, 6) is 0. The molecule has 0 fully saturated rings. The first kappa shape index (κ1) is 10.1. The third kappa shape index (κ3) is 8.14. The fourth-order valence-electron chi connectivity index (χ4n) is 0.882. The summed E-state index contributed by atoms with van der Waals surface area (Å²) >= 11 is 1.72. The van der Waals surface area contributed by atoms with E-state index < -0.39 is 0 Å². The molecule has 1 nitrogen and oxygen atoms in total. The number of rotatable bonds is 5. The molecule has 10 heavy (non-hydrogen) atoms. The Labute approximate surface area is 72.7 Å². The van der Waals surface area contributed by atoms with E-state index in [4.69, 9.17) is 5.11 Å². The number of allylic oxidation sites excluding steroid dienone is 1. The molecule has 0 saturated heterocycles. The summed E-state index contributed by atoms with van der Waals surface area (Å²) in [6, 6.07) is 0. The van der Waals surface area contributed by atoms with Gasteiger partial charge in [0, 0.05) is 0 Å². The van der Waals surface area contributed by atoms with Crippen LogP contribution < -0.4 is 0 Å². The van der Waals surface area contributed by atoms with Gasteiger partial charge in [-0.15, -0.1) is 0 Å². The van der Waals surface area contributed by atoms with Gasteiger partial charge in [-0.05, 0) is 0 Å². The molecule has 0 aliphatic heterocycles. The summed E-state index contributed by atoms with van der Waals surface area (Å²) in [5, 5.41) is 8.77. The number of hydrogen-bond donors (Lipinski definition) is 1. The molecular formula is C8H15LiO. The van der Waals surface area contributed by atoms with Gasteiger partial charge in [-0.25, -0.2) is 0 Å². The van der Waals surface area contributed by atoms with Gasteiger partial charge in [0.25, 0.3) is 0 Å². The van der Waals surface area contributed by atoms with E-state index in [1.165, 1.54) is 25.7 Å². The number of aliphatic hydroxyl groups is 1. The van der Waals surface area contributed by atoms with E-state index in [0.29, 0.717) is 4.43 Å². The second-order valence-corrected chi connectivity index (χ2v) is 2.69. The van der Waals surface area contributed by atoms with E-state index in [1.807, 2.05) is 6.08 Å². The Morgan fingerprint density at radius 1 is 1.40 bits per heavy atom. The van der Waals surface area contributed by atoms with Crippen LogP contribution in [0.5, 0.6) is 0 Å². The van der Waals surface area contributed by atoms with Crippen molar-refractivity contribution in [2.75, 3.05) is 0 Å². The predicted octanol–water partition coefficient (Wildman–Crippen LogP) is 2.52. The molecule has 0 saturated carbocycles. The van der Waals surface area contributed by atoms with Crippen molar-refractivity contribution in [1.82, 2.24) is 0 Å². The van der Waals surface area contributed by atoms with Gasteiger partial charge in [0.15, 0.2) is 0 Å². The molecule has 0 aromatic carbocycles. The van der Waals surface area contributed by atoms with Gasteiger partial charge < -0.3 is 0 Å². The Morgan fingerprint density at radius 3 is 2.60 bits per heavy atom. The summed E-state index contributed by atoms with van der Waals surface area (Å²) in [7, 11) is 0. The summed E-state index contributed by atoms with van der Waals surface area (Å²) in [6.07, 6.45) is 8.02. The molecule has 0 aliphatic carbocycles. The third-order valence-electron chi connectivity index (χ3n) is 1.50. The maximum atomic E-state index is 8.77. The van der Waals surface area contributed by atoms with Crippen LogP contribution in [0.15, 0.2) is 10.5 Å². The number of unbranched alkanes of at least 4 members (excludes halogenated alkanes) is 4. The van der Waals surface area contributed by atoms with E-state index in [1.54, 1.807) is 17.7 Å². The first-order valence-corrected chi connectivity index (χ1v) is 4.13. The molecule has 1 N–H and O–H groups in total. The average molecular weight is 134 g/mol. The Hall–Kier alpha value is 0.137. The number of hydrogen-bond acceptors (Lipinski definition) is 1. The fraction of sp³-hybridized carbons (Fsp3) is 0.750. The Kier molecular flexibility index (Phi) is 7.35. The molecule has 0 radical (unpaired) electrons. The molecule has 0 atom stereocenters. The van der Waals surface area contributed by atoms with Crippen LogP contribution in [-0.4, -0.2) is 22.8 Å². The van der Waals surface area contributed by atoms with Crippen LogP contribution in [0.25, 0.3) is 0 Å². The topological polar surface area (TPSA) is 20.2 Å². The van der Waals surface area contributed by atoms with Gasteiger partial charge >= 0.3 is 72.4 Å². The van der Waals surface area contributed by atoms with Gasteiger partial charge in [-0.1, -0.05) is 0 Å². The van der Waals surface area contributed by atoms with E-state index >= 15 is 0 Å². The van der Waals surface area contributed by atoms with Crippen molar-refractivity contribution in [3.05, 3.63) is 10.5 Å². The van der Waals surface area contributed by atoms with Crippen molar-refractivity contribution in [1.29, 1.82) is 0 Å². The molecule has 0 spiro atoms. The Bertz CT molecular complexity index is 95.4. The zero-order chi connectivity index (χ0) is 7.82. The fourth-order valence-corrected chi connectivity index (χ4v) is 0.882. The van der Waals surface area contributed by atoms with Crippen LogP contribution in [0.2, 0.25) is 0 Å². The average Bonchev–Trinajstić information content (AvgIpc) is 1.87. The quantitative estimate of drug-likeness (QED) is 0.348. The molecule has 0 rings (SSSR count). The molecule has 0 bridgehead atoms. The van der Waals surface area contributed by atoms with Gasteiger partial charge in [0.1, 0.15) is 0 Å². The minimum atomic E-state index is 0.455. The molecule has 0 unspecified atom stereocenters. The third-order valence-corrected chi connectivity index (χ3v) is 1.50. The summed E-state index contributed by atoms with van der Waals surface area (Å²) in [4.78, 5) is 0. The summed E-state index contributed by atoms with van der Waals surface area (Å²) < 4.78 is 0.455. The van der Waals surface area contributed by atoms with Crippen molar-refractivity contribution >= 4 is 17.7 Å². The van der Waals surface area contributed by atoms with Crippen molar-refractivity contribution in [2.24, 2.45) is 0 Å².